The van der Waals surface area contributed by atoms with Crippen LogP contribution in [0.25, 0.3) is 10.9 Å². The summed E-state index contributed by atoms with van der Waals surface area (Å²) in [6.45, 7) is 1.55. The monoisotopic (exact) mass is 291 g/mol. The Kier molecular flexibility index (Phi) is 3.66. The fraction of sp³-hybridized carbons (Fsp3) is 0.357. The molecule has 7 heteroatoms. The number of pyridine rings is 1. The first-order valence-electron chi connectivity index (χ1n) is 6.76. The fourth-order valence-electron chi connectivity index (χ4n) is 2.52. The van der Waals surface area contributed by atoms with E-state index in [9.17, 15) is 14.5 Å². The molecule has 21 heavy (non-hydrogen) atoms. The minimum atomic E-state index is -0.751. The summed E-state index contributed by atoms with van der Waals surface area (Å²) in [4.78, 5) is 14.5. The summed E-state index contributed by atoms with van der Waals surface area (Å²) in [6.07, 6.45) is 3.08. The summed E-state index contributed by atoms with van der Waals surface area (Å²) in [6, 6.07) is 4.03. The summed E-state index contributed by atoms with van der Waals surface area (Å²) in [5.41, 5.74) is -0.112. The third kappa shape index (κ3) is 2.64. The molecule has 1 saturated heterocycles. The number of fused-ring (bicyclic) bond motifs is 1. The van der Waals surface area contributed by atoms with Crippen molar-refractivity contribution in [1.29, 1.82) is 0 Å². The van der Waals surface area contributed by atoms with E-state index in [0.29, 0.717) is 6.54 Å². The molecular weight excluding hydrogens is 277 g/mol. The highest BCUT2D eigenvalue weighted by molar-refractivity contribution is 5.92. The molecule has 1 aliphatic rings. The molecule has 110 valence electrons. The number of non-ortho nitro benzene ring substituents is 1. The number of rotatable bonds is 3. The van der Waals surface area contributed by atoms with Gasteiger partial charge in [-0.15, -0.1) is 0 Å². The van der Waals surface area contributed by atoms with Crippen molar-refractivity contribution in [2.45, 2.75) is 18.9 Å². The second kappa shape index (κ2) is 5.61. The number of benzene rings is 1. The van der Waals surface area contributed by atoms with Gasteiger partial charge in [0.05, 0.1) is 16.4 Å². The molecule has 1 atom stereocenters. The van der Waals surface area contributed by atoms with E-state index in [0.717, 1.165) is 25.5 Å². The molecule has 0 amide bonds. The highest BCUT2D eigenvalue weighted by Crippen LogP contribution is 2.35. The summed E-state index contributed by atoms with van der Waals surface area (Å²) < 4.78 is 19.9. The maximum atomic E-state index is 14.2. The van der Waals surface area contributed by atoms with Crippen LogP contribution in [0.3, 0.4) is 0 Å². The van der Waals surface area contributed by atoms with Crippen LogP contribution in [0.2, 0.25) is 0 Å². The SMILES string of the molecule is O=[N+]([O-])c1cc(F)c(OC2CCCNC2)c2ncccc12. The van der Waals surface area contributed by atoms with Crippen molar-refractivity contribution in [2.75, 3.05) is 13.1 Å². The van der Waals surface area contributed by atoms with Gasteiger partial charge in [-0.2, -0.15) is 0 Å². The van der Waals surface area contributed by atoms with E-state index in [4.69, 9.17) is 4.74 Å². The van der Waals surface area contributed by atoms with Crippen LogP contribution in [0.5, 0.6) is 5.75 Å². The smallest absolute Gasteiger partial charge is 0.281 e. The largest absolute Gasteiger partial charge is 0.484 e. The van der Waals surface area contributed by atoms with Crippen LogP contribution in [-0.2, 0) is 0 Å². The topological polar surface area (TPSA) is 77.3 Å². The average Bonchev–Trinajstić information content (AvgIpc) is 2.50. The van der Waals surface area contributed by atoms with E-state index in [1.54, 1.807) is 12.1 Å². The molecule has 1 N–H and O–H groups in total. The number of aromatic nitrogens is 1. The van der Waals surface area contributed by atoms with E-state index < -0.39 is 10.7 Å². The van der Waals surface area contributed by atoms with Gasteiger partial charge >= 0.3 is 0 Å². The number of piperidine rings is 1. The molecule has 1 fully saturated rings. The third-order valence-corrected chi connectivity index (χ3v) is 3.51. The van der Waals surface area contributed by atoms with Crippen LogP contribution in [0.15, 0.2) is 24.4 Å². The molecule has 0 bridgehead atoms. The lowest BCUT2D eigenvalue weighted by atomic mass is 10.1. The number of hydrogen-bond acceptors (Lipinski definition) is 5. The van der Waals surface area contributed by atoms with Gasteiger partial charge in [0.2, 0.25) is 0 Å². The summed E-state index contributed by atoms with van der Waals surface area (Å²) >= 11 is 0. The van der Waals surface area contributed by atoms with E-state index >= 15 is 0 Å². The zero-order chi connectivity index (χ0) is 14.8. The Bertz CT molecular complexity index is 686. The van der Waals surface area contributed by atoms with Gasteiger partial charge in [-0.05, 0) is 31.5 Å². The molecule has 0 spiro atoms. The van der Waals surface area contributed by atoms with Crippen molar-refractivity contribution in [2.24, 2.45) is 0 Å². The molecule has 1 aromatic carbocycles. The van der Waals surface area contributed by atoms with Gasteiger partial charge in [0, 0.05) is 12.7 Å². The van der Waals surface area contributed by atoms with Gasteiger partial charge < -0.3 is 10.1 Å². The Labute approximate surface area is 120 Å². The molecule has 0 saturated carbocycles. The number of nitrogens with one attached hydrogen (secondary N) is 1. The van der Waals surface area contributed by atoms with Crippen LogP contribution < -0.4 is 10.1 Å². The maximum absolute atomic E-state index is 14.2. The lowest BCUT2D eigenvalue weighted by Gasteiger charge is -2.24. The Morgan fingerprint density at radius 3 is 3.10 bits per heavy atom. The average molecular weight is 291 g/mol. The number of ether oxygens (including phenoxy) is 1. The van der Waals surface area contributed by atoms with Gasteiger partial charge in [-0.3, -0.25) is 15.1 Å². The van der Waals surface area contributed by atoms with Gasteiger partial charge in [0.1, 0.15) is 11.6 Å². The zero-order valence-electron chi connectivity index (χ0n) is 11.2. The number of nitro benzene ring substituents is 1. The second-order valence-corrected chi connectivity index (χ2v) is 4.95. The van der Waals surface area contributed by atoms with E-state index in [-0.39, 0.29) is 28.4 Å². The van der Waals surface area contributed by atoms with Crippen molar-refractivity contribution in [3.8, 4) is 5.75 Å². The van der Waals surface area contributed by atoms with E-state index in [2.05, 4.69) is 10.3 Å². The van der Waals surface area contributed by atoms with Gasteiger partial charge in [0.15, 0.2) is 11.6 Å². The molecule has 6 nitrogen and oxygen atoms in total. The molecule has 1 aromatic heterocycles. The fourth-order valence-corrected chi connectivity index (χ4v) is 2.52. The Morgan fingerprint density at radius 1 is 1.52 bits per heavy atom. The van der Waals surface area contributed by atoms with Crippen molar-refractivity contribution >= 4 is 16.6 Å². The minimum Gasteiger partial charge on any atom is -0.484 e. The number of halogens is 1. The molecular formula is C14H14FN3O3. The molecule has 0 radical (unpaired) electrons. The first-order chi connectivity index (χ1) is 10.2. The molecule has 2 heterocycles. The molecule has 0 aliphatic carbocycles. The van der Waals surface area contributed by atoms with Crippen molar-refractivity contribution in [3.63, 3.8) is 0 Å². The van der Waals surface area contributed by atoms with Crippen molar-refractivity contribution < 1.29 is 14.1 Å². The quantitative estimate of drug-likeness (QED) is 0.694. The maximum Gasteiger partial charge on any atom is 0.281 e. The van der Waals surface area contributed by atoms with E-state index in [1.807, 2.05) is 0 Å². The lowest BCUT2D eigenvalue weighted by Crippen LogP contribution is -2.37. The van der Waals surface area contributed by atoms with Gasteiger partial charge in [-0.1, -0.05) is 0 Å². The zero-order valence-corrected chi connectivity index (χ0v) is 11.2. The first kappa shape index (κ1) is 13.7. The van der Waals surface area contributed by atoms with Crippen LogP contribution >= 0.6 is 0 Å². The highest BCUT2D eigenvalue weighted by atomic mass is 19.1. The molecule has 1 unspecified atom stereocenters. The first-order valence-corrected chi connectivity index (χ1v) is 6.76. The Balaban J connectivity index is 2.07. The summed E-state index contributed by atoms with van der Waals surface area (Å²) in [5.74, 6) is -0.761. The van der Waals surface area contributed by atoms with Crippen LogP contribution in [0.1, 0.15) is 12.8 Å². The standard InChI is InChI=1S/C14H14FN3O3/c15-11-7-12(18(19)20)10-4-2-6-17-13(10)14(11)21-9-3-1-5-16-8-9/h2,4,6-7,9,16H,1,3,5,8H2. The van der Waals surface area contributed by atoms with Gasteiger partial charge in [0.25, 0.3) is 5.69 Å². The lowest BCUT2D eigenvalue weighted by molar-refractivity contribution is -0.383. The molecule has 3 rings (SSSR count). The predicted molar refractivity (Wildman–Crippen MR) is 74.9 cm³/mol. The van der Waals surface area contributed by atoms with Crippen molar-refractivity contribution in [1.82, 2.24) is 10.3 Å². The summed E-state index contributed by atoms with van der Waals surface area (Å²) in [5, 5.41) is 14.5. The number of hydrogen-bond donors (Lipinski definition) is 1. The highest BCUT2D eigenvalue weighted by Gasteiger charge is 2.24. The predicted octanol–water partition coefficient (Wildman–Crippen LogP) is 2.41. The normalized spacial score (nSPS) is 18.6. The van der Waals surface area contributed by atoms with Crippen LogP contribution in [-0.4, -0.2) is 29.1 Å². The Morgan fingerprint density at radius 2 is 2.38 bits per heavy atom. The number of nitrogens with zero attached hydrogens (tertiary/aromatic N) is 2. The molecule has 2 aromatic rings. The van der Waals surface area contributed by atoms with Crippen LogP contribution in [0, 0.1) is 15.9 Å². The van der Waals surface area contributed by atoms with Gasteiger partial charge in [-0.25, -0.2) is 4.39 Å². The third-order valence-electron chi connectivity index (χ3n) is 3.51. The molecule has 1 aliphatic heterocycles. The van der Waals surface area contributed by atoms with Crippen molar-refractivity contribution in [3.05, 3.63) is 40.3 Å². The minimum absolute atomic E-state index is 0.00935. The summed E-state index contributed by atoms with van der Waals surface area (Å²) in [7, 11) is 0. The van der Waals surface area contributed by atoms with E-state index in [1.165, 1.54) is 6.20 Å². The Hall–Kier alpha value is -2.28. The second-order valence-electron chi connectivity index (χ2n) is 4.95. The number of nitro groups is 1. The van der Waals surface area contributed by atoms with Crippen LogP contribution in [0.4, 0.5) is 10.1 Å².